The predicted octanol–water partition coefficient (Wildman–Crippen LogP) is 4.73. The van der Waals surface area contributed by atoms with Gasteiger partial charge in [-0.15, -0.1) is 0 Å². The van der Waals surface area contributed by atoms with Gasteiger partial charge in [0.25, 0.3) is 0 Å². The minimum absolute atomic E-state index is 0.449. The summed E-state index contributed by atoms with van der Waals surface area (Å²) in [6.07, 6.45) is 2.41. The quantitative estimate of drug-likeness (QED) is 0.790. The zero-order valence-corrected chi connectivity index (χ0v) is 12.3. The van der Waals surface area contributed by atoms with Gasteiger partial charge < -0.3 is 5.32 Å². The van der Waals surface area contributed by atoms with Crippen molar-refractivity contribution >= 4 is 23.2 Å². The third-order valence-corrected chi connectivity index (χ3v) is 3.78. The Balaban J connectivity index is 2.96. The van der Waals surface area contributed by atoms with Crippen molar-refractivity contribution in [1.82, 2.24) is 5.32 Å². The Morgan fingerprint density at radius 3 is 2.53 bits per heavy atom. The molecule has 0 spiro atoms. The summed E-state index contributed by atoms with van der Waals surface area (Å²) < 4.78 is 0. The topological polar surface area (TPSA) is 12.0 Å². The second-order valence-corrected chi connectivity index (χ2v) is 5.44. The van der Waals surface area contributed by atoms with Gasteiger partial charge in [-0.1, -0.05) is 56.0 Å². The summed E-state index contributed by atoms with van der Waals surface area (Å²) in [7, 11) is 1.98. The second kappa shape index (κ2) is 7.25. The number of nitrogens with one attached hydrogen (secondary N) is 1. The smallest absolute Gasteiger partial charge is 0.0456 e. The molecule has 0 radical (unpaired) electrons. The van der Waals surface area contributed by atoms with Gasteiger partial charge >= 0.3 is 0 Å². The molecule has 0 saturated heterocycles. The molecule has 96 valence electrons. The first-order valence-electron chi connectivity index (χ1n) is 6.19. The SMILES string of the molecule is CCCC(C)C(CNC)c1ccc(Cl)cc1Cl. The predicted molar refractivity (Wildman–Crippen MR) is 77.2 cm³/mol. The van der Waals surface area contributed by atoms with Gasteiger partial charge in [0.05, 0.1) is 0 Å². The van der Waals surface area contributed by atoms with Crippen LogP contribution in [-0.4, -0.2) is 13.6 Å². The molecule has 0 bridgehead atoms. The maximum absolute atomic E-state index is 6.29. The molecule has 0 aliphatic rings. The van der Waals surface area contributed by atoms with E-state index in [1.165, 1.54) is 18.4 Å². The summed E-state index contributed by atoms with van der Waals surface area (Å²) in [6.45, 7) is 5.45. The molecular formula is C14H21Cl2N. The third kappa shape index (κ3) is 4.17. The van der Waals surface area contributed by atoms with Gasteiger partial charge in [0.15, 0.2) is 0 Å². The van der Waals surface area contributed by atoms with E-state index in [4.69, 9.17) is 23.2 Å². The first-order chi connectivity index (χ1) is 8.10. The Kier molecular flexibility index (Phi) is 6.32. The summed E-state index contributed by atoms with van der Waals surface area (Å²) in [5.41, 5.74) is 1.20. The van der Waals surface area contributed by atoms with Crippen LogP contribution in [0.4, 0.5) is 0 Å². The fraction of sp³-hybridized carbons (Fsp3) is 0.571. The van der Waals surface area contributed by atoms with E-state index in [9.17, 15) is 0 Å². The molecule has 0 aliphatic heterocycles. The van der Waals surface area contributed by atoms with E-state index in [1.54, 1.807) is 0 Å². The lowest BCUT2D eigenvalue weighted by atomic mass is 9.84. The average molecular weight is 274 g/mol. The molecule has 1 N–H and O–H groups in total. The van der Waals surface area contributed by atoms with Crippen LogP contribution in [0.25, 0.3) is 0 Å². The summed E-state index contributed by atoms with van der Waals surface area (Å²) in [5, 5.41) is 4.73. The Morgan fingerprint density at radius 2 is 2.00 bits per heavy atom. The maximum Gasteiger partial charge on any atom is 0.0456 e. The van der Waals surface area contributed by atoms with Crippen LogP contribution in [0, 0.1) is 5.92 Å². The van der Waals surface area contributed by atoms with Crippen molar-refractivity contribution in [2.24, 2.45) is 5.92 Å². The van der Waals surface area contributed by atoms with Crippen LogP contribution in [-0.2, 0) is 0 Å². The Morgan fingerprint density at radius 1 is 1.29 bits per heavy atom. The number of hydrogen-bond donors (Lipinski definition) is 1. The minimum atomic E-state index is 0.449. The van der Waals surface area contributed by atoms with Crippen molar-refractivity contribution in [2.45, 2.75) is 32.6 Å². The number of halogens is 2. The van der Waals surface area contributed by atoms with Crippen LogP contribution in [0.2, 0.25) is 10.0 Å². The van der Waals surface area contributed by atoms with Crippen molar-refractivity contribution in [3.63, 3.8) is 0 Å². The van der Waals surface area contributed by atoms with Gasteiger partial charge in [-0.2, -0.15) is 0 Å². The standard InChI is InChI=1S/C14H21Cl2N/c1-4-5-10(2)13(9-17-3)12-7-6-11(15)8-14(12)16/h6-8,10,13,17H,4-5,9H2,1-3H3. The fourth-order valence-corrected chi connectivity index (χ4v) is 2.84. The van der Waals surface area contributed by atoms with E-state index >= 15 is 0 Å². The third-order valence-electron chi connectivity index (χ3n) is 3.22. The van der Waals surface area contributed by atoms with Gasteiger partial charge in [-0.3, -0.25) is 0 Å². The highest BCUT2D eigenvalue weighted by atomic mass is 35.5. The highest BCUT2D eigenvalue weighted by Crippen LogP contribution is 2.33. The van der Waals surface area contributed by atoms with E-state index in [1.807, 2.05) is 19.2 Å². The zero-order valence-electron chi connectivity index (χ0n) is 10.8. The van der Waals surface area contributed by atoms with Crippen LogP contribution < -0.4 is 5.32 Å². The molecule has 0 fully saturated rings. The summed E-state index contributed by atoms with van der Waals surface area (Å²) in [6, 6.07) is 5.81. The van der Waals surface area contributed by atoms with Gasteiger partial charge in [0.1, 0.15) is 0 Å². The molecule has 0 heterocycles. The molecule has 17 heavy (non-hydrogen) atoms. The Bertz CT molecular complexity index is 352. The lowest BCUT2D eigenvalue weighted by molar-refractivity contribution is 0.413. The molecule has 3 heteroatoms. The first kappa shape index (κ1) is 14.8. The second-order valence-electron chi connectivity index (χ2n) is 4.60. The Labute approximate surface area is 115 Å². The Hall–Kier alpha value is -0.240. The lowest BCUT2D eigenvalue weighted by Gasteiger charge is -2.25. The minimum Gasteiger partial charge on any atom is -0.319 e. The molecule has 1 rings (SSSR count). The van der Waals surface area contributed by atoms with Crippen molar-refractivity contribution < 1.29 is 0 Å². The maximum atomic E-state index is 6.29. The molecule has 1 nitrogen and oxygen atoms in total. The van der Waals surface area contributed by atoms with Crippen molar-refractivity contribution in [3.05, 3.63) is 33.8 Å². The summed E-state index contributed by atoms with van der Waals surface area (Å²) in [5.74, 6) is 1.07. The van der Waals surface area contributed by atoms with E-state index in [2.05, 4.69) is 25.2 Å². The molecule has 2 unspecified atom stereocenters. The number of likely N-dealkylation sites (N-methyl/N-ethyl adjacent to an activating group) is 1. The van der Waals surface area contributed by atoms with Crippen LogP contribution in [0.5, 0.6) is 0 Å². The fourth-order valence-electron chi connectivity index (χ4n) is 2.30. The van der Waals surface area contributed by atoms with Gasteiger partial charge in [-0.25, -0.2) is 0 Å². The van der Waals surface area contributed by atoms with Gasteiger partial charge in [0, 0.05) is 22.5 Å². The van der Waals surface area contributed by atoms with Crippen LogP contribution in [0.3, 0.4) is 0 Å². The van der Waals surface area contributed by atoms with E-state index < -0.39 is 0 Å². The van der Waals surface area contributed by atoms with Crippen molar-refractivity contribution in [1.29, 1.82) is 0 Å². The highest BCUT2D eigenvalue weighted by Gasteiger charge is 2.20. The van der Waals surface area contributed by atoms with E-state index in [0.717, 1.165) is 11.6 Å². The van der Waals surface area contributed by atoms with Crippen LogP contribution >= 0.6 is 23.2 Å². The molecule has 0 saturated carbocycles. The normalized spacial score (nSPS) is 14.6. The largest absolute Gasteiger partial charge is 0.319 e. The molecule has 0 aromatic heterocycles. The number of benzene rings is 1. The zero-order chi connectivity index (χ0) is 12.8. The molecule has 1 aromatic rings. The monoisotopic (exact) mass is 273 g/mol. The first-order valence-corrected chi connectivity index (χ1v) is 6.95. The summed E-state index contributed by atoms with van der Waals surface area (Å²) >= 11 is 12.2. The summed E-state index contributed by atoms with van der Waals surface area (Å²) in [4.78, 5) is 0. The number of rotatable bonds is 6. The van der Waals surface area contributed by atoms with Gasteiger partial charge in [0.2, 0.25) is 0 Å². The van der Waals surface area contributed by atoms with Crippen molar-refractivity contribution in [3.8, 4) is 0 Å². The molecule has 0 aliphatic carbocycles. The molecule has 1 aromatic carbocycles. The van der Waals surface area contributed by atoms with E-state index in [-0.39, 0.29) is 0 Å². The molecule has 0 amide bonds. The lowest BCUT2D eigenvalue weighted by Crippen LogP contribution is -2.23. The molecule has 2 atom stereocenters. The molecular weight excluding hydrogens is 253 g/mol. The number of hydrogen-bond acceptors (Lipinski definition) is 1. The highest BCUT2D eigenvalue weighted by molar-refractivity contribution is 6.35. The van der Waals surface area contributed by atoms with E-state index in [0.29, 0.717) is 16.9 Å². The van der Waals surface area contributed by atoms with Crippen LogP contribution in [0.1, 0.15) is 38.2 Å². The van der Waals surface area contributed by atoms with Crippen molar-refractivity contribution in [2.75, 3.05) is 13.6 Å². The van der Waals surface area contributed by atoms with Gasteiger partial charge in [-0.05, 0) is 30.7 Å². The average Bonchev–Trinajstić information content (AvgIpc) is 2.27. The van der Waals surface area contributed by atoms with Crippen LogP contribution in [0.15, 0.2) is 18.2 Å².